The van der Waals surface area contributed by atoms with Crippen LogP contribution in [0.2, 0.25) is 0 Å². The third-order valence-corrected chi connectivity index (χ3v) is 9.84. The number of carbonyl (C=O) groups is 4. The summed E-state index contributed by atoms with van der Waals surface area (Å²) in [5.74, 6) is -2.02. The first-order valence-electron chi connectivity index (χ1n) is 19.5. The summed E-state index contributed by atoms with van der Waals surface area (Å²) in [5, 5.41) is 5.54. The van der Waals surface area contributed by atoms with Gasteiger partial charge in [0.25, 0.3) is 0 Å². The van der Waals surface area contributed by atoms with E-state index in [1.165, 1.54) is 24.5 Å². The number of benzene rings is 5. The molecule has 0 aliphatic heterocycles. The molecule has 1 heterocycles. The maximum Gasteiger partial charge on any atom is 0.343 e. The molecule has 14 heteroatoms. The van der Waals surface area contributed by atoms with E-state index >= 15 is 0 Å². The van der Waals surface area contributed by atoms with Gasteiger partial charge >= 0.3 is 23.9 Å². The number of hydrogen-bond donors (Lipinski definition) is 1. The Bertz CT molecular complexity index is 2550. The van der Waals surface area contributed by atoms with Gasteiger partial charge in [0.15, 0.2) is 17.2 Å². The fourth-order valence-corrected chi connectivity index (χ4v) is 6.69. The summed E-state index contributed by atoms with van der Waals surface area (Å²) < 4.78 is 35.5. The second-order valence-corrected chi connectivity index (χ2v) is 14.4. The van der Waals surface area contributed by atoms with Crippen molar-refractivity contribution >= 4 is 67.5 Å². The van der Waals surface area contributed by atoms with Crippen LogP contribution in [0.4, 0.5) is 5.13 Å². The number of para-hydroxylation sites is 1. The van der Waals surface area contributed by atoms with Crippen molar-refractivity contribution in [2.45, 2.75) is 39.5 Å². The fraction of sp³-hybridized carbons (Fsp3) is 0.191. The minimum Gasteiger partial charge on any atom is -0.494 e. The van der Waals surface area contributed by atoms with Crippen molar-refractivity contribution in [3.05, 3.63) is 139 Å². The molecule has 0 saturated heterocycles. The Morgan fingerprint density at radius 2 is 1.31 bits per heavy atom. The highest BCUT2D eigenvalue weighted by Crippen LogP contribution is 2.46. The molecule has 0 radical (unpaired) electrons. The van der Waals surface area contributed by atoms with E-state index in [0.29, 0.717) is 47.2 Å². The van der Waals surface area contributed by atoms with Crippen molar-refractivity contribution in [3.8, 4) is 28.7 Å². The summed E-state index contributed by atoms with van der Waals surface area (Å²) in [6.07, 6.45) is 5.74. The molecule has 0 atom stereocenters. The minimum atomic E-state index is -0.829. The van der Waals surface area contributed by atoms with Crippen molar-refractivity contribution in [1.82, 2.24) is 4.98 Å². The lowest BCUT2D eigenvalue weighted by atomic mass is 10.0. The maximum absolute atomic E-state index is 13.9. The third-order valence-electron chi connectivity index (χ3n) is 8.90. The molecule has 13 nitrogen and oxygen atoms in total. The Balaban J connectivity index is 1.32. The number of hydrazone groups is 1. The fourth-order valence-electron chi connectivity index (χ4n) is 5.88. The van der Waals surface area contributed by atoms with Gasteiger partial charge in [0.05, 0.1) is 52.9 Å². The number of rotatable bonds is 20. The molecule has 5 aromatic carbocycles. The first-order chi connectivity index (χ1) is 29.6. The number of anilines is 1. The van der Waals surface area contributed by atoms with Crippen LogP contribution in [0.1, 0.15) is 65.8 Å². The van der Waals surface area contributed by atoms with E-state index in [9.17, 15) is 19.2 Å². The molecular formula is C47H43N3O10S. The minimum absolute atomic E-state index is 0.00331. The average molecular weight is 842 g/mol. The molecule has 0 unspecified atom stereocenters. The Morgan fingerprint density at radius 3 is 1.93 bits per heavy atom. The lowest BCUT2D eigenvalue weighted by molar-refractivity contribution is -0.137. The van der Waals surface area contributed by atoms with E-state index in [4.69, 9.17) is 28.4 Å². The summed E-state index contributed by atoms with van der Waals surface area (Å²) in [6.45, 7) is 11.7. The summed E-state index contributed by atoms with van der Waals surface area (Å²) in [5.41, 5.74) is 4.14. The number of hydrogen-bond acceptors (Lipinski definition) is 14. The van der Waals surface area contributed by atoms with Gasteiger partial charge in [-0.25, -0.2) is 24.2 Å². The van der Waals surface area contributed by atoms with E-state index in [1.807, 2.05) is 31.2 Å². The standard InChI is InChI=1S/C47H43N3O10S/c1-5-40(51)57-28-14-8-7-13-27-56-34-25-21-31(22-26-34)45(53)58-41-35-15-9-10-16-36(35)42(60-46(54)32-19-23-33(24-20-32)55-6-2)43(59-44(52)30(3)4)37(41)29-48-50-47-49-38-17-11-12-18-39(38)61-47/h5,9-12,15-26,29H,1,3,6-8,13-14,27-28H2,2,4H3,(H,49,50)/b48-29+. The zero-order valence-corrected chi connectivity index (χ0v) is 34.5. The van der Waals surface area contributed by atoms with E-state index in [-0.39, 0.29) is 39.5 Å². The van der Waals surface area contributed by atoms with Crippen LogP contribution in [0.25, 0.3) is 21.0 Å². The van der Waals surface area contributed by atoms with Crippen LogP contribution >= 0.6 is 11.3 Å². The predicted molar refractivity (Wildman–Crippen MR) is 234 cm³/mol. The van der Waals surface area contributed by atoms with Gasteiger partial charge in [-0.1, -0.05) is 60.9 Å². The van der Waals surface area contributed by atoms with Gasteiger partial charge in [0, 0.05) is 22.4 Å². The number of thiazole rings is 1. The van der Waals surface area contributed by atoms with Gasteiger partial charge in [-0.05, 0) is 100 Å². The van der Waals surface area contributed by atoms with E-state index < -0.39 is 23.9 Å². The highest BCUT2D eigenvalue weighted by Gasteiger charge is 2.28. The van der Waals surface area contributed by atoms with Crippen LogP contribution in [-0.4, -0.2) is 54.9 Å². The number of ether oxygens (including phenoxy) is 6. The summed E-state index contributed by atoms with van der Waals surface area (Å²) in [4.78, 5) is 56.7. The molecule has 0 aliphatic rings. The Hall–Kier alpha value is -7.32. The average Bonchev–Trinajstić information content (AvgIpc) is 3.69. The number of carbonyl (C=O) groups excluding carboxylic acids is 4. The number of fused-ring (bicyclic) bond motifs is 2. The van der Waals surface area contributed by atoms with Crippen LogP contribution in [0, 0.1) is 0 Å². The van der Waals surface area contributed by atoms with Crippen LogP contribution < -0.4 is 29.1 Å². The molecule has 0 saturated carbocycles. The SMILES string of the molecule is C=CC(=O)OCCCCCCOc1ccc(C(=O)Oc2c(/C=N/Nc3nc4ccccc4s3)c(OC(=O)C(=C)C)c(OC(=O)c3ccc(OCC)cc3)c3ccccc23)cc1. The lowest BCUT2D eigenvalue weighted by Gasteiger charge is -2.19. The molecule has 0 aliphatic carbocycles. The molecule has 0 bridgehead atoms. The first kappa shape index (κ1) is 43.3. The van der Waals surface area contributed by atoms with Gasteiger partial charge in [-0.15, -0.1) is 0 Å². The zero-order chi connectivity index (χ0) is 43.1. The molecule has 6 rings (SSSR count). The summed E-state index contributed by atoms with van der Waals surface area (Å²) >= 11 is 1.37. The number of unbranched alkanes of at least 4 members (excludes halogenated alkanes) is 3. The quantitative estimate of drug-likeness (QED) is 0.0194. The molecule has 0 spiro atoms. The molecule has 312 valence electrons. The normalized spacial score (nSPS) is 10.9. The monoisotopic (exact) mass is 841 g/mol. The van der Waals surface area contributed by atoms with E-state index in [1.54, 1.807) is 72.8 Å². The summed E-state index contributed by atoms with van der Waals surface area (Å²) in [6, 6.07) is 27.2. The Kier molecular flexibility index (Phi) is 15.0. The van der Waals surface area contributed by atoms with Crippen LogP contribution in [0.3, 0.4) is 0 Å². The molecule has 1 aromatic heterocycles. The van der Waals surface area contributed by atoms with Crippen LogP contribution in [0.5, 0.6) is 28.7 Å². The maximum atomic E-state index is 13.9. The van der Waals surface area contributed by atoms with E-state index in [2.05, 4.69) is 28.7 Å². The first-order valence-corrected chi connectivity index (χ1v) is 20.3. The van der Waals surface area contributed by atoms with Crippen LogP contribution in [-0.2, 0) is 14.3 Å². The van der Waals surface area contributed by atoms with Gasteiger partial charge in [0.2, 0.25) is 5.13 Å². The number of esters is 4. The largest absolute Gasteiger partial charge is 0.494 e. The van der Waals surface area contributed by atoms with Crippen LogP contribution in [0.15, 0.2) is 127 Å². The van der Waals surface area contributed by atoms with Crippen molar-refractivity contribution in [2.75, 3.05) is 25.2 Å². The third kappa shape index (κ3) is 11.5. The highest BCUT2D eigenvalue weighted by atomic mass is 32.1. The predicted octanol–water partition coefficient (Wildman–Crippen LogP) is 9.88. The molecular weight excluding hydrogens is 799 g/mol. The topological polar surface area (TPSA) is 161 Å². The van der Waals surface area contributed by atoms with Gasteiger partial charge in [0.1, 0.15) is 11.5 Å². The lowest BCUT2D eigenvalue weighted by Crippen LogP contribution is -2.16. The number of nitrogens with one attached hydrogen (secondary N) is 1. The molecule has 6 aromatic rings. The molecule has 0 fully saturated rings. The number of aromatic nitrogens is 1. The smallest absolute Gasteiger partial charge is 0.343 e. The van der Waals surface area contributed by atoms with E-state index in [0.717, 1.165) is 42.0 Å². The molecule has 61 heavy (non-hydrogen) atoms. The second-order valence-electron chi connectivity index (χ2n) is 13.4. The van der Waals surface area contributed by atoms with Crippen molar-refractivity contribution in [2.24, 2.45) is 5.10 Å². The Labute approximate surface area is 356 Å². The Morgan fingerprint density at radius 1 is 0.721 bits per heavy atom. The number of nitrogens with zero attached hydrogens (tertiary/aromatic N) is 2. The van der Waals surface area contributed by atoms with Crippen molar-refractivity contribution in [1.29, 1.82) is 0 Å². The zero-order valence-electron chi connectivity index (χ0n) is 33.6. The van der Waals surface area contributed by atoms with Gasteiger partial charge in [-0.3, -0.25) is 5.43 Å². The highest BCUT2D eigenvalue weighted by molar-refractivity contribution is 7.22. The summed E-state index contributed by atoms with van der Waals surface area (Å²) in [7, 11) is 0. The molecule has 1 N–H and O–H groups in total. The molecule has 0 amide bonds. The van der Waals surface area contributed by atoms with Gasteiger partial charge < -0.3 is 28.4 Å². The van der Waals surface area contributed by atoms with Crippen molar-refractivity contribution < 1.29 is 47.6 Å². The van der Waals surface area contributed by atoms with Gasteiger partial charge in [-0.2, -0.15) is 5.10 Å². The second kappa shape index (κ2) is 21.1. The van der Waals surface area contributed by atoms with Crippen molar-refractivity contribution in [3.63, 3.8) is 0 Å².